The lowest BCUT2D eigenvalue weighted by Gasteiger charge is -2.28. The van der Waals surface area contributed by atoms with Crippen molar-refractivity contribution in [3.8, 4) is 0 Å². The van der Waals surface area contributed by atoms with Gasteiger partial charge in [0.25, 0.3) is 0 Å². The summed E-state index contributed by atoms with van der Waals surface area (Å²) in [6, 6.07) is -9.32. The van der Waals surface area contributed by atoms with Crippen LogP contribution < -0.4 is 169 Å². The molecule has 0 unspecified atom stereocenters. The summed E-state index contributed by atoms with van der Waals surface area (Å²) >= 11 is 1.81. The zero-order chi connectivity index (χ0) is 104. The summed E-state index contributed by atoms with van der Waals surface area (Å²) in [4.78, 5) is 195. The van der Waals surface area contributed by atoms with E-state index in [1.165, 1.54) is 12.1 Å². The van der Waals surface area contributed by atoms with Gasteiger partial charge < -0.3 is 169 Å². The minimum atomic E-state index is -4.88. The van der Waals surface area contributed by atoms with Gasteiger partial charge in [-0.3, -0.25) is 106 Å². The van der Waals surface area contributed by atoms with Gasteiger partial charge in [0.15, 0.2) is 47.7 Å². The number of unbranched alkanes of at least 4 members (excludes halogenated alkanes) is 3. The Labute approximate surface area is 811 Å². The van der Waals surface area contributed by atoms with Crippen molar-refractivity contribution in [2.24, 2.45) is 61.8 Å². The molecule has 0 bridgehead atoms. The molecule has 12 atom stereocenters. The highest BCUT2D eigenvalue weighted by Crippen LogP contribution is 2.52. The molecule has 1 aromatic carbocycles. The van der Waals surface area contributed by atoms with Gasteiger partial charge in [0.1, 0.15) is 54.4 Å². The van der Waals surface area contributed by atoms with E-state index in [0.717, 1.165) is 30.7 Å². The second-order valence-electron chi connectivity index (χ2n) is 33.4. The zero-order valence-corrected chi connectivity index (χ0v) is 79.0. The number of nitrogens with zero attached hydrogens (tertiary/aromatic N) is 2. The highest BCUT2D eigenvalue weighted by atomic mass is 32.2. The van der Waals surface area contributed by atoms with Crippen molar-refractivity contribution >= 4 is 142 Å². The largest absolute Gasteiger partial charge is 0.442 e. The molecule has 1 aromatic rings. The summed E-state index contributed by atoms with van der Waals surface area (Å²) in [5.41, 5.74) is 47.1. The second kappa shape index (κ2) is 63.1. The van der Waals surface area contributed by atoms with Crippen LogP contribution >= 0.6 is 11.8 Å². The summed E-state index contributed by atoms with van der Waals surface area (Å²) in [7, 11) is 0. The molecule has 0 spiro atoms. The van der Waals surface area contributed by atoms with Crippen LogP contribution in [0.5, 0.6) is 0 Å². The Hall–Kier alpha value is -14.5. The number of thioether (sulfide) groups is 1. The number of carbonyl (C=O) groups excluding carboxylic acids is 14. The third-order valence-electron chi connectivity index (χ3n) is 21.9. The zero-order valence-electron chi connectivity index (χ0n) is 78.2. The summed E-state index contributed by atoms with van der Waals surface area (Å²) in [5, 5.41) is 126. The number of urea groups is 1. The minimum Gasteiger partial charge on any atom is -0.370 e. The molecular formula is C81H142F3N41O14S. The molecule has 0 aliphatic carbocycles. The Morgan fingerprint density at radius 1 is 0.350 bits per heavy atom. The average Bonchev–Trinajstić information content (AvgIpc) is 1.58. The molecule has 0 aromatic heterocycles. The van der Waals surface area contributed by atoms with Gasteiger partial charge in [-0.1, -0.05) is 37.1 Å². The number of amides is 15. The number of fused-ring (bicyclic) bond motifs is 1. The van der Waals surface area contributed by atoms with Crippen molar-refractivity contribution in [2.45, 2.75) is 257 Å². The lowest BCUT2D eigenvalue weighted by molar-refractivity contribution is -0.166. The first-order valence-corrected chi connectivity index (χ1v) is 47.2. The van der Waals surface area contributed by atoms with E-state index in [9.17, 15) is 65.9 Å². The monoisotopic (exact) mass is 2000 g/mol. The van der Waals surface area contributed by atoms with Gasteiger partial charge >= 0.3 is 17.9 Å². The number of nitrogens with one attached hydrogen (secondary N) is 30. The third-order valence-corrected chi connectivity index (χ3v) is 23.5. The van der Waals surface area contributed by atoms with Crippen LogP contribution in [0.1, 0.15) is 178 Å². The van der Waals surface area contributed by atoms with Crippen molar-refractivity contribution in [3.63, 3.8) is 0 Å². The Morgan fingerprint density at radius 3 is 0.979 bits per heavy atom. The lowest BCUT2D eigenvalue weighted by Crippen LogP contribution is -2.60. The van der Waals surface area contributed by atoms with Gasteiger partial charge in [-0.2, -0.15) is 24.9 Å². The van der Waals surface area contributed by atoms with Gasteiger partial charge in [0.2, 0.25) is 76.8 Å². The van der Waals surface area contributed by atoms with E-state index in [0.29, 0.717) is 43.9 Å². The van der Waals surface area contributed by atoms with Crippen LogP contribution in [0, 0.1) is 43.3 Å². The second-order valence-corrected chi connectivity index (χ2v) is 34.7. The highest BCUT2D eigenvalue weighted by Gasteiger charge is 2.65. The van der Waals surface area contributed by atoms with Crippen LogP contribution in [0.15, 0.2) is 34.5 Å². The first-order valence-electron chi connectivity index (χ1n) is 46.1. The van der Waals surface area contributed by atoms with Gasteiger partial charge in [-0.25, -0.2) is 4.79 Å². The van der Waals surface area contributed by atoms with Gasteiger partial charge in [0.05, 0.1) is 18.6 Å². The van der Waals surface area contributed by atoms with E-state index in [2.05, 4.69) is 127 Å². The fourth-order valence-corrected chi connectivity index (χ4v) is 16.2. The number of nitrogens with two attached hydrogens (primary N) is 9. The Bertz CT molecular complexity index is 4400. The maximum absolute atomic E-state index is 15.1. The SMILES string of the molecule is N=C(N)NCCC[C@H](NC(=O)[C@H](CCCNC(=N)N)NC(=O)[C@H](CCCNC(=N)N)NC(=O)[C@H](CCCNC(=N)N)NC(=O)[C@H](CCCNC(=N)N)NC(=O)[C@H](CCCNC(=N)N)NC(=O)[C@H](CCCNC(=N)N)NC(=O)[C@H](CCCNC(=N)N)NC(=O)CNC(=O)[C@H](Cc1ccc(C2(C(F)(F)F)N=N2)cc1)NC(=O)CCCNC(=O)CCCCCNC(=O)CCCC[C@@H]1SC[C@@H]2NC(=O)N[C@@H]21)C(N)=O. The van der Waals surface area contributed by atoms with Crippen LogP contribution in [0.2, 0.25) is 0 Å². The maximum atomic E-state index is 15.1. The van der Waals surface area contributed by atoms with Gasteiger partial charge in [-0.15, -0.1) is 10.2 Å². The molecule has 2 saturated heterocycles. The smallest absolute Gasteiger partial charge is 0.370 e. The molecule has 140 heavy (non-hydrogen) atoms. The fraction of sp³-hybridized carbons (Fsp3) is 0.654. The molecule has 4 rings (SSSR count). The maximum Gasteiger partial charge on any atom is 0.442 e. The number of carbonyl (C=O) groups is 14. The first-order chi connectivity index (χ1) is 66.4. The van der Waals surface area contributed by atoms with Crippen LogP contribution in [0.3, 0.4) is 0 Å². The number of rotatable bonds is 70. The summed E-state index contributed by atoms with van der Waals surface area (Å²) < 4.78 is 42.1. The fourth-order valence-electron chi connectivity index (χ4n) is 14.6. The van der Waals surface area contributed by atoms with Crippen molar-refractivity contribution < 1.29 is 80.3 Å². The normalized spacial score (nSPS) is 16.0. The first kappa shape index (κ1) is 118. The van der Waals surface area contributed by atoms with E-state index in [1.54, 1.807) is 0 Å². The van der Waals surface area contributed by atoms with Crippen molar-refractivity contribution in [2.75, 3.05) is 77.7 Å². The van der Waals surface area contributed by atoms with Crippen LogP contribution in [-0.2, 0) is 74.4 Å². The van der Waals surface area contributed by atoms with Gasteiger partial charge in [0, 0.05) is 108 Å². The van der Waals surface area contributed by atoms with Crippen molar-refractivity contribution in [1.82, 2.24) is 117 Å². The molecule has 48 N–H and O–H groups in total. The number of alkyl halides is 3. The minimum absolute atomic E-state index is 0.0130. The number of benzene rings is 1. The molecule has 15 amide bonds. The molecule has 0 saturated carbocycles. The molecule has 3 aliphatic heterocycles. The lowest BCUT2D eigenvalue weighted by atomic mass is 9.98. The molecule has 782 valence electrons. The van der Waals surface area contributed by atoms with E-state index >= 15 is 14.4 Å². The topological polar surface area (TPSA) is 953 Å². The Balaban J connectivity index is 1.60. The van der Waals surface area contributed by atoms with Crippen LogP contribution in [0.25, 0.3) is 0 Å². The molecule has 0 radical (unpaired) electrons. The van der Waals surface area contributed by atoms with Crippen molar-refractivity contribution in [3.05, 3.63) is 35.4 Å². The van der Waals surface area contributed by atoms with Crippen LogP contribution in [0.4, 0.5) is 18.0 Å². The van der Waals surface area contributed by atoms with Crippen molar-refractivity contribution in [1.29, 1.82) is 43.3 Å². The number of guanidine groups is 8. The van der Waals surface area contributed by atoms with E-state index < -0.39 is 179 Å². The summed E-state index contributed by atoms with van der Waals surface area (Å²) in [6.07, 6.45) is -2.54. The number of halogens is 3. The number of hydrogen-bond donors (Lipinski definition) is 39. The third kappa shape index (κ3) is 48.0. The average molecular weight is 2000 g/mol. The number of primary amides is 1. The van der Waals surface area contributed by atoms with E-state index in [4.69, 9.17) is 94.9 Å². The number of hydrogen-bond acceptors (Lipinski definition) is 25. The van der Waals surface area contributed by atoms with E-state index in [-0.39, 0.29) is 234 Å². The molecule has 2 fully saturated rings. The standard InChI is InChI=1S/C81H142F3N41O14S/c82-81(83,84)80(124-125-80)45-29-27-44(28-30-45)41-54(114-59(128)26-14-32-103-57(126)24-2-1-5-31-102-58(127)25-4-3-23-56-61-55(43-140-56)122-79(139)123-61)63(131)112-42-60(129)113-47(16-7-34-105-72(88)89)64(132)116-49(18-9-36-107-74(92)93)66(134)118-51(20-11-38-109-76(96)97)68(136)120-53(22-13-40-111-78(100)101)70(138)121-52(21-12-39-110-77(98)99)69(137)119-50(19-10-37-108-75(94)95)67(135)117-48(17-8-35-106-73(90)91)65(133)115-46(62(85)130)15-6-33-104-71(86)87/h27-30,46-56,61H,1-26,31-43H2,(H2,85,130)(H,102,127)(H,103,126)(H,112,131)(H,113,129)(H,114,128)(H,115,133)(H,116,132)(H,117,135)(H,118,134)(H,119,137)(H,120,136)(H,121,138)(H4,86,87,104)(H4,88,89,105)(H4,90,91,106)(H4,92,93,107)(H4,94,95,108)(H4,96,97,109)(H4,98,99,110)(H4,100,101,111)(H2,122,123,139)/t46-,47-,48-,49-,50-,51-,52-,53-,54-,55-,56-,61-/m0/s1. The molecular weight excluding hydrogens is 1860 g/mol. The molecule has 3 heterocycles. The Morgan fingerprint density at radius 2 is 0.650 bits per heavy atom. The molecule has 3 aliphatic rings. The van der Waals surface area contributed by atoms with Gasteiger partial charge in [-0.05, 0) is 140 Å². The predicted octanol–water partition coefficient (Wildman–Crippen LogP) is -8.22. The summed E-state index contributed by atoms with van der Waals surface area (Å²) in [5.74, 6) is -14.0. The predicted molar refractivity (Wildman–Crippen MR) is 513 cm³/mol. The molecule has 59 heteroatoms. The van der Waals surface area contributed by atoms with E-state index in [1.807, 2.05) is 11.8 Å². The highest BCUT2D eigenvalue weighted by molar-refractivity contribution is 8.00. The Kier molecular flexibility index (Phi) is 53.1. The van der Waals surface area contributed by atoms with Crippen LogP contribution in [-0.4, -0.2) is 286 Å². The molecule has 55 nitrogen and oxygen atoms in total. The summed E-state index contributed by atoms with van der Waals surface area (Å²) in [6.45, 7) is -0.714. The quantitative estimate of drug-likeness (QED) is 0.0125.